The summed E-state index contributed by atoms with van der Waals surface area (Å²) in [5, 5.41) is 10.4. The molecule has 1 aromatic heterocycles. The molecule has 13 heavy (non-hydrogen) atoms. The fraction of sp³-hybridized carbons (Fsp3) is 0.143. The third-order valence-electron chi connectivity index (χ3n) is 1.38. The van der Waals surface area contributed by atoms with Crippen molar-refractivity contribution in [1.29, 1.82) is 0 Å². The van der Waals surface area contributed by atoms with Gasteiger partial charge in [0.2, 0.25) is 0 Å². The molecule has 1 aromatic rings. The minimum Gasteiger partial charge on any atom is -0.320 e. The smallest absolute Gasteiger partial charge is 0.320 e. The highest BCUT2D eigenvalue weighted by atomic mass is 35.5. The van der Waals surface area contributed by atoms with Crippen molar-refractivity contribution in [2.45, 2.75) is 6.04 Å². The number of thiophene rings is 1. The van der Waals surface area contributed by atoms with Crippen molar-refractivity contribution in [3.8, 4) is 0 Å². The Kier molecular flexibility index (Phi) is 4.61. The Morgan fingerprint density at radius 3 is 2.69 bits per heavy atom. The molecule has 0 amide bonds. The van der Waals surface area contributed by atoms with Crippen molar-refractivity contribution < 1.29 is 4.92 Å². The van der Waals surface area contributed by atoms with E-state index in [2.05, 4.69) is 6.58 Å². The maximum absolute atomic E-state index is 10.3. The highest BCUT2D eigenvalue weighted by Crippen LogP contribution is 2.27. The molecule has 1 heterocycles. The number of hydrogen-bond acceptors (Lipinski definition) is 4. The lowest BCUT2D eigenvalue weighted by Gasteiger charge is -1.98. The van der Waals surface area contributed by atoms with Crippen LogP contribution < -0.4 is 5.73 Å². The summed E-state index contributed by atoms with van der Waals surface area (Å²) in [4.78, 5) is 10.6. The molecule has 1 atom stereocenters. The van der Waals surface area contributed by atoms with Crippen LogP contribution in [-0.4, -0.2) is 4.92 Å². The van der Waals surface area contributed by atoms with Gasteiger partial charge in [-0.2, -0.15) is 0 Å². The summed E-state index contributed by atoms with van der Waals surface area (Å²) >= 11 is 1.08. The van der Waals surface area contributed by atoms with E-state index in [0.29, 0.717) is 0 Å². The van der Waals surface area contributed by atoms with Crippen molar-refractivity contribution in [2.75, 3.05) is 0 Å². The molecular formula is C7H9ClN2O2S. The van der Waals surface area contributed by atoms with Crippen LogP contribution in [0.5, 0.6) is 0 Å². The fourth-order valence-corrected chi connectivity index (χ4v) is 1.56. The summed E-state index contributed by atoms with van der Waals surface area (Å²) in [5.41, 5.74) is 5.58. The van der Waals surface area contributed by atoms with Crippen molar-refractivity contribution in [2.24, 2.45) is 5.73 Å². The molecule has 6 heteroatoms. The number of halogens is 1. The third-order valence-corrected chi connectivity index (χ3v) is 2.51. The van der Waals surface area contributed by atoms with Gasteiger partial charge in [0.25, 0.3) is 0 Å². The van der Waals surface area contributed by atoms with E-state index >= 15 is 0 Å². The Hall–Kier alpha value is -0.910. The molecule has 2 N–H and O–H groups in total. The molecular weight excluding hydrogens is 212 g/mol. The van der Waals surface area contributed by atoms with Crippen molar-refractivity contribution >= 4 is 28.7 Å². The molecule has 0 fully saturated rings. The maximum atomic E-state index is 10.3. The van der Waals surface area contributed by atoms with E-state index in [1.165, 1.54) is 6.07 Å². The molecule has 0 unspecified atom stereocenters. The van der Waals surface area contributed by atoms with Crippen LogP contribution in [0.1, 0.15) is 10.9 Å². The predicted octanol–water partition coefficient (Wildman–Crippen LogP) is 2.26. The van der Waals surface area contributed by atoms with Crippen LogP contribution in [0.3, 0.4) is 0 Å². The zero-order chi connectivity index (χ0) is 9.14. The van der Waals surface area contributed by atoms with Gasteiger partial charge in [0, 0.05) is 10.9 Å². The molecule has 0 bridgehead atoms. The van der Waals surface area contributed by atoms with Gasteiger partial charge in [0.1, 0.15) is 0 Å². The Morgan fingerprint density at radius 2 is 2.31 bits per heavy atom. The molecule has 1 rings (SSSR count). The fourth-order valence-electron chi connectivity index (χ4n) is 0.736. The minimum atomic E-state index is -0.427. The number of hydrogen-bond donors (Lipinski definition) is 1. The van der Waals surface area contributed by atoms with Crippen LogP contribution in [-0.2, 0) is 0 Å². The van der Waals surface area contributed by atoms with Crippen LogP contribution in [0, 0.1) is 10.1 Å². The first-order valence-corrected chi connectivity index (χ1v) is 4.09. The van der Waals surface area contributed by atoms with Gasteiger partial charge in [-0.05, 0) is 6.07 Å². The Bertz CT molecular complexity index is 313. The lowest BCUT2D eigenvalue weighted by atomic mass is 10.2. The van der Waals surface area contributed by atoms with E-state index in [-0.39, 0.29) is 23.4 Å². The van der Waals surface area contributed by atoms with Crippen molar-refractivity contribution in [3.63, 3.8) is 0 Å². The summed E-state index contributed by atoms with van der Waals surface area (Å²) < 4.78 is 0. The first-order valence-electron chi connectivity index (χ1n) is 3.27. The predicted molar refractivity (Wildman–Crippen MR) is 55.3 cm³/mol. The van der Waals surface area contributed by atoms with E-state index in [4.69, 9.17) is 5.73 Å². The van der Waals surface area contributed by atoms with E-state index < -0.39 is 4.92 Å². The Labute approximate surface area is 85.6 Å². The molecule has 0 radical (unpaired) electrons. The average molecular weight is 221 g/mol. The first kappa shape index (κ1) is 12.1. The van der Waals surface area contributed by atoms with Gasteiger partial charge in [-0.25, -0.2) is 0 Å². The topological polar surface area (TPSA) is 69.2 Å². The lowest BCUT2D eigenvalue weighted by Crippen LogP contribution is -2.03. The van der Waals surface area contributed by atoms with Gasteiger partial charge in [-0.3, -0.25) is 10.1 Å². The van der Waals surface area contributed by atoms with Gasteiger partial charge in [-0.1, -0.05) is 17.4 Å². The second-order valence-corrected chi connectivity index (χ2v) is 3.29. The Morgan fingerprint density at radius 1 is 1.69 bits per heavy atom. The highest BCUT2D eigenvalue weighted by molar-refractivity contribution is 7.15. The van der Waals surface area contributed by atoms with Crippen molar-refractivity contribution in [1.82, 2.24) is 0 Å². The van der Waals surface area contributed by atoms with E-state index in [1.54, 1.807) is 12.1 Å². The summed E-state index contributed by atoms with van der Waals surface area (Å²) in [7, 11) is 0. The normalized spacial score (nSPS) is 11.5. The second-order valence-electron chi connectivity index (χ2n) is 2.19. The molecule has 0 aliphatic rings. The van der Waals surface area contributed by atoms with Crippen LogP contribution in [0.25, 0.3) is 0 Å². The van der Waals surface area contributed by atoms with Crippen LogP contribution in [0.15, 0.2) is 24.8 Å². The third kappa shape index (κ3) is 2.80. The molecule has 0 saturated carbocycles. The SMILES string of the molecule is C=C[C@H](N)c1ccc([N+](=O)[O-])s1.Cl. The monoisotopic (exact) mass is 220 g/mol. The minimum absolute atomic E-state index is 0. The van der Waals surface area contributed by atoms with Gasteiger partial charge >= 0.3 is 5.00 Å². The quantitative estimate of drug-likeness (QED) is 0.483. The van der Waals surface area contributed by atoms with E-state index in [1.807, 2.05) is 0 Å². The van der Waals surface area contributed by atoms with E-state index in [0.717, 1.165) is 16.2 Å². The highest BCUT2D eigenvalue weighted by Gasteiger charge is 2.12. The summed E-state index contributed by atoms with van der Waals surface area (Å²) in [6, 6.07) is 2.79. The average Bonchev–Trinajstić information content (AvgIpc) is 2.51. The Balaban J connectivity index is 0.00000144. The summed E-state index contributed by atoms with van der Waals surface area (Å²) in [6.07, 6.45) is 1.55. The number of nitro groups is 1. The zero-order valence-corrected chi connectivity index (χ0v) is 8.31. The molecule has 0 saturated heterocycles. The second kappa shape index (κ2) is 4.96. The first-order chi connectivity index (χ1) is 5.65. The molecule has 72 valence electrons. The molecule has 0 spiro atoms. The molecule has 4 nitrogen and oxygen atoms in total. The standard InChI is InChI=1S/C7H8N2O2S.ClH/c1-2-5(8)6-3-4-7(12-6)9(10)11;/h2-5H,1,8H2;1H/t5-;/m0./s1. The van der Waals surface area contributed by atoms with Crippen LogP contribution in [0.2, 0.25) is 0 Å². The molecule has 0 aliphatic heterocycles. The van der Waals surface area contributed by atoms with E-state index in [9.17, 15) is 10.1 Å². The summed E-state index contributed by atoms with van der Waals surface area (Å²) in [5.74, 6) is 0. The molecule has 0 aliphatic carbocycles. The number of nitrogens with zero attached hydrogens (tertiary/aromatic N) is 1. The number of rotatable bonds is 3. The number of nitrogens with two attached hydrogens (primary N) is 1. The van der Waals surface area contributed by atoms with Crippen molar-refractivity contribution in [3.05, 3.63) is 39.8 Å². The molecule has 0 aromatic carbocycles. The maximum Gasteiger partial charge on any atom is 0.324 e. The van der Waals surface area contributed by atoms with Gasteiger partial charge in [-0.15, -0.1) is 19.0 Å². The zero-order valence-electron chi connectivity index (χ0n) is 6.67. The lowest BCUT2D eigenvalue weighted by molar-refractivity contribution is -0.380. The van der Waals surface area contributed by atoms with Gasteiger partial charge in [0.15, 0.2) is 0 Å². The van der Waals surface area contributed by atoms with Gasteiger partial charge in [0.05, 0.1) is 11.0 Å². The largest absolute Gasteiger partial charge is 0.324 e. The summed E-state index contributed by atoms with van der Waals surface area (Å²) in [6.45, 7) is 3.50. The van der Waals surface area contributed by atoms with Gasteiger partial charge < -0.3 is 5.73 Å². The van der Waals surface area contributed by atoms with Crippen LogP contribution in [0.4, 0.5) is 5.00 Å². The van der Waals surface area contributed by atoms with Crippen LogP contribution >= 0.6 is 23.7 Å².